The summed E-state index contributed by atoms with van der Waals surface area (Å²) >= 11 is 0. The van der Waals surface area contributed by atoms with E-state index in [1.165, 1.54) is 30.3 Å². The molecule has 32 heavy (non-hydrogen) atoms. The topological polar surface area (TPSA) is 84.1 Å². The summed E-state index contributed by atoms with van der Waals surface area (Å²) in [7, 11) is 0. The van der Waals surface area contributed by atoms with Gasteiger partial charge >= 0.3 is 5.97 Å². The van der Waals surface area contributed by atoms with Crippen LogP contribution in [-0.4, -0.2) is 23.1 Å². The third-order valence-electron chi connectivity index (χ3n) is 5.01. The molecule has 1 heterocycles. The Balaban J connectivity index is 1.67. The summed E-state index contributed by atoms with van der Waals surface area (Å²) in [6.45, 7) is 3.68. The molecule has 1 N–H and O–H groups in total. The predicted molar refractivity (Wildman–Crippen MR) is 119 cm³/mol. The first-order valence-electron chi connectivity index (χ1n) is 9.93. The van der Waals surface area contributed by atoms with Gasteiger partial charge in [0.15, 0.2) is 6.61 Å². The summed E-state index contributed by atoms with van der Waals surface area (Å²) in [5.41, 5.74) is 3.64. The maximum atomic E-state index is 12.9. The zero-order valence-corrected chi connectivity index (χ0v) is 17.8. The van der Waals surface area contributed by atoms with E-state index in [1.807, 2.05) is 48.7 Å². The van der Waals surface area contributed by atoms with E-state index in [4.69, 9.17) is 4.74 Å². The van der Waals surface area contributed by atoms with E-state index in [-0.39, 0.29) is 5.82 Å². The van der Waals surface area contributed by atoms with Crippen molar-refractivity contribution in [1.82, 2.24) is 4.57 Å². The largest absolute Gasteiger partial charge is 0.452 e. The highest BCUT2D eigenvalue weighted by atomic mass is 19.1. The number of hydrogen-bond acceptors (Lipinski definition) is 4. The molecule has 0 aliphatic carbocycles. The van der Waals surface area contributed by atoms with Crippen LogP contribution < -0.4 is 5.32 Å². The predicted octanol–water partition coefficient (Wildman–Crippen LogP) is 4.36. The molecule has 0 aliphatic heterocycles. The van der Waals surface area contributed by atoms with Crippen LogP contribution in [0.1, 0.15) is 27.9 Å². The SMILES string of the molecule is Cc1c(C#N)c(NC(=O)COC(=O)/C=C/c2ccc(F)cc2)n(Cc2ccccc2)c1C. The quantitative estimate of drug-likeness (QED) is 0.445. The fourth-order valence-electron chi connectivity index (χ4n) is 3.19. The van der Waals surface area contributed by atoms with Crippen LogP contribution in [0.3, 0.4) is 0 Å². The van der Waals surface area contributed by atoms with Gasteiger partial charge in [0.1, 0.15) is 17.7 Å². The number of rotatable bonds is 7. The molecule has 3 rings (SSSR count). The minimum atomic E-state index is -0.711. The summed E-state index contributed by atoms with van der Waals surface area (Å²) < 4.78 is 19.8. The smallest absolute Gasteiger partial charge is 0.331 e. The van der Waals surface area contributed by atoms with E-state index in [1.54, 1.807) is 0 Å². The molecule has 2 aromatic carbocycles. The van der Waals surface area contributed by atoms with E-state index >= 15 is 0 Å². The number of amides is 1. The number of halogens is 1. The van der Waals surface area contributed by atoms with Crippen LogP contribution in [0, 0.1) is 31.0 Å². The lowest BCUT2D eigenvalue weighted by molar-refractivity contribution is -0.142. The Morgan fingerprint density at radius 1 is 1.12 bits per heavy atom. The number of ether oxygens (including phenoxy) is 1. The van der Waals surface area contributed by atoms with Crippen LogP contribution in [0.5, 0.6) is 0 Å². The first-order chi connectivity index (χ1) is 15.4. The van der Waals surface area contributed by atoms with Gasteiger partial charge in [-0.3, -0.25) is 4.79 Å². The first kappa shape index (κ1) is 22.5. The Bertz CT molecular complexity index is 1190. The van der Waals surface area contributed by atoms with Gasteiger partial charge < -0.3 is 14.6 Å². The molecule has 0 aliphatic rings. The minimum absolute atomic E-state index is 0.370. The molecule has 162 valence electrons. The second-order valence-corrected chi connectivity index (χ2v) is 7.16. The van der Waals surface area contributed by atoms with Crippen molar-refractivity contribution in [2.75, 3.05) is 11.9 Å². The third kappa shape index (κ3) is 5.49. The second kappa shape index (κ2) is 10.2. The molecule has 7 heteroatoms. The minimum Gasteiger partial charge on any atom is -0.452 e. The summed E-state index contributed by atoms with van der Waals surface area (Å²) in [6, 6.07) is 17.4. The molecule has 0 unspecified atom stereocenters. The average Bonchev–Trinajstić information content (AvgIpc) is 3.01. The van der Waals surface area contributed by atoms with Gasteiger partial charge in [0.05, 0.1) is 5.56 Å². The number of aromatic nitrogens is 1. The Hall–Kier alpha value is -4.18. The Morgan fingerprint density at radius 2 is 1.81 bits per heavy atom. The van der Waals surface area contributed by atoms with Crippen LogP contribution >= 0.6 is 0 Å². The number of nitrogens with one attached hydrogen (secondary N) is 1. The van der Waals surface area contributed by atoms with Crippen molar-refractivity contribution in [3.05, 3.63) is 94.4 Å². The third-order valence-corrected chi connectivity index (χ3v) is 5.01. The van der Waals surface area contributed by atoms with Gasteiger partial charge in [-0.05, 0) is 48.7 Å². The highest BCUT2D eigenvalue weighted by Gasteiger charge is 2.20. The molecule has 1 amide bonds. The number of anilines is 1. The maximum absolute atomic E-state index is 12.9. The Labute approximate surface area is 185 Å². The lowest BCUT2D eigenvalue weighted by Crippen LogP contribution is -2.22. The Morgan fingerprint density at radius 3 is 2.47 bits per heavy atom. The number of esters is 1. The summed E-state index contributed by atoms with van der Waals surface area (Å²) in [6.07, 6.45) is 2.62. The lowest BCUT2D eigenvalue weighted by Gasteiger charge is -2.13. The number of benzene rings is 2. The van der Waals surface area contributed by atoms with Crippen molar-refractivity contribution in [1.29, 1.82) is 5.26 Å². The van der Waals surface area contributed by atoms with Gasteiger partial charge in [-0.1, -0.05) is 42.5 Å². The van der Waals surface area contributed by atoms with E-state index in [9.17, 15) is 19.2 Å². The molecular formula is C25H22FN3O3. The van der Waals surface area contributed by atoms with Crippen molar-refractivity contribution in [2.24, 2.45) is 0 Å². The molecular weight excluding hydrogens is 409 g/mol. The number of carbonyl (C=O) groups excluding carboxylic acids is 2. The molecule has 0 atom stereocenters. The molecule has 0 radical (unpaired) electrons. The molecule has 3 aromatic rings. The summed E-state index contributed by atoms with van der Waals surface area (Å²) in [5, 5.41) is 12.3. The first-order valence-corrected chi connectivity index (χ1v) is 9.93. The van der Waals surface area contributed by atoms with Crippen LogP contribution in [0.4, 0.5) is 10.2 Å². The standard InChI is InChI=1S/C25H22FN3O3/c1-17-18(2)29(15-20-6-4-3-5-7-20)25(22(17)14-27)28-23(30)16-32-24(31)13-10-19-8-11-21(26)12-9-19/h3-13H,15-16H2,1-2H3,(H,28,30)/b13-10+. The lowest BCUT2D eigenvalue weighted by atomic mass is 10.2. The number of nitriles is 1. The van der Waals surface area contributed by atoms with E-state index in [0.29, 0.717) is 23.5 Å². The fraction of sp³-hybridized carbons (Fsp3) is 0.160. The van der Waals surface area contributed by atoms with Crippen molar-refractivity contribution in [3.63, 3.8) is 0 Å². The molecule has 6 nitrogen and oxygen atoms in total. The number of hydrogen-bond donors (Lipinski definition) is 1. The van der Waals surface area contributed by atoms with Gasteiger partial charge in [0.25, 0.3) is 5.91 Å². The van der Waals surface area contributed by atoms with Crippen LogP contribution in [0.2, 0.25) is 0 Å². The highest BCUT2D eigenvalue weighted by Crippen LogP contribution is 2.27. The monoisotopic (exact) mass is 431 g/mol. The van der Waals surface area contributed by atoms with E-state index in [0.717, 1.165) is 22.9 Å². The maximum Gasteiger partial charge on any atom is 0.331 e. The van der Waals surface area contributed by atoms with Gasteiger partial charge in [-0.25, -0.2) is 9.18 Å². The Kier molecular flexibility index (Phi) is 7.19. The van der Waals surface area contributed by atoms with Crippen molar-refractivity contribution >= 4 is 23.8 Å². The average molecular weight is 431 g/mol. The molecule has 0 fully saturated rings. The zero-order valence-electron chi connectivity index (χ0n) is 17.8. The summed E-state index contributed by atoms with van der Waals surface area (Å²) in [5.74, 6) is -1.27. The number of carbonyl (C=O) groups is 2. The normalized spacial score (nSPS) is 10.7. The van der Waals surface area contributed by atoms with E-state index < -0.39 is 18.5 Å². The van der Waals surface area contributed by atoms with Crippen LogP contribution in [0.15, 0.2) is 60.7 Å². The van der Waals surface area contributed by atoms with Gasteiger partial charge in [-0.15, -0.1) is 0 Å². The molecule has 0 saturated heterocycles. The fourth-order valence-corrected chi connectivity index (χ4v) is 3.19. The van der Waals surface area contributed by atoms with Crippen molar-refractivity contribution in [3.8, 4) is 6.07 Å². The van der Waals surface area contributed by atoms with Gasteiger partial charge in [-0.2, -0.15) is 5.26 Å². The molecule has 0 saturated carbocycles. The van der Waals surface area contributed by atoms with Gasteiger partial charge in [0, 0.05) is 18.3 Å². The second-order valence-electron chi connectivity index (χ2n) is 7.16. The number of nitrogens with zero attached hydrogens (tertiary/aromatic N) is 2. The van der Waals surface area contributed by atoms with Crippen molar-refractivity contribution < 1.29 is 18.7 Å². The molecule has 0 bridgehead atoms. The highest BCUT2D eigenvalue weighted by molar-refractivity contribution is 5.95. The van der Waals surface area contributed by atoms with Crippen molar-refractivity contribution in [2.45, 2.75) is 20.4 Å². The van der Waals surface area contributed by atoms with Crippen LogP contribution in [-0.2, 0) is 20.9 Å². The van der Waals surface area contributed by atoms with Crippen LogP contribution in [0.25, 0.3) is 6.08 Å². The van der Waals surface area contributed by atoms with E-state index in [2.05, 4.69) is 11.4 Å². The summed E-state index contributed by atoms with van der Waals surface area (Å²) in [4.78, 5) is 24.4. The zero-order chi connectivity index (χ0) is 23.1. The molecule has 0 spiro atoms. The van der Waals surface area contributed by atoms with Gasteiger partial charge in [0.2, 0.25) is 0 Å². The molecule has 1 aromatic heterocycles.